The standard InChI is InChI=1S/C35H40ClFN9O4P/c1-44(21-29-26(37)17-24(19-38-29)46-16-13-32(47)42-35(46)48)22-11-14-45(15-12-22)23-9-10-27(30(18-23)50-2)41-34-39-20-25(36)33(43-34)40-28-7-5-6-8-31(28)51(3,4)49/h5-10,17-20,22H,11-16,21H2,1-4H3,(H,42,47,48)(H2,39,40,41,43). The molecule has 51 heavy (non-hydrogen) atoms. The highest BCUT2D eigenvalue weighted by atomic mass is 35.5. The van der Waals surface area contributed by atoms with Crippen LogP contribution in [0.25, 0.3) is 0 Å². The van der Waals surface area contributed by atoms with Crippen molar-refractivity contribution in [3.63, 3.8) is 0 Å². The Morgan fingerprint density at radius 3 is 2.49 bits per heavy atom. The normalized spacial score (nSPS) is 15.6. The quantitative estimate of drug-likeness (QED) is 0.157. The van der Waals surface area contributed by atoms with Crippen molar-refractivity contribution in [1.82, 2.24) is 25.2 Å². The van der Waals surface area contributed by atoms with E-state index in [0.717, 1.165) is 31.6 Å². The number of amides is 3. The van der Waals surface area contributed by atoms with E-state index in [1.165, 1.54) is 23.4 Å². The summed E-state index contributed by atoms with van der Waals surface area (Å²) in [5.41, 5.74) is 2.96. The van der Waals surface area contributed by atoms with Crippen LogP contribution in [0.3, 0.4) is 0 Å². The van der Waals surface area contributed by atoms with E-state index in [0.29, 0.717) is 57.1 Å². The fourth-order valence-corrected chi connectivity index (χ4v) is 7.55. The summed E-state index contributed by atoms with van der Waals surface area (Å²) < 4.78 is 33.7. The van der Waals surface area contributed by atoms with Gasteiger partial charge in [0.15, 0.2) is 5.82 Å². The molecule has 6 rings (SSSR count). The number of urea groups is 1. The van der Waals surface area contributed by atoms with Gasteiger partial charge in [0, 0.05) is 61.8 Å². The van der Waals surface area contributed by atoms with Crippen LogP contribution in [0.5, 0.6) is 5.75 Å². The molecule has 2 saturated heterocycles. The molecule has 0 saturated carbocycles. The third-order valence-corrected chi connectivity index (χ3v) is 10.9. The highest BCUT2D eigenvalue weighted by molar-refractivity contribution is 7.70. The van der Waals surface area contributed by atoms with Gasteiger partial charge in [0.25, 0.3) is 0 Å². The molecular formula is C35H40ClFN9O4P. The number of rotatable bonds is 11. The Balaban J connectivity index is 1.07. The summed E-state index contributed by atoms with van der Waals surface area (Å²) >= 11 is 6.44. The number of piperidine rings is 1. The van der Waals surface area contributed by atoms with E-state index in [9.17, 15) is 14.2 Å². The Hall–Kier alpha value is -4.78. The van der Waals surface area contributed by atoms with Gasteiger partial charge in [-0.2, -0.15) is 4.98 Å². The lowest BCUT2D eigenvalue weighted by Gasteiger charge is -2.38. The second-order valence-electron chi connectivity index (χ2n) is 12.9. The van der Waals surface area contributed by atoms with Crippen molar-refractivity contribution in [3.8, 4) is 5.75 Å². The van der Waals surface area contributed by atoms with Crippen LogP contribution >= 0.6 is 18.7 Å². The number of para-hydroxylation sites is 1. The van der Waals surface area contributed by atoms with Crippen molar-refractivity contribution in [2.75, 3.05) is 67.6 Å². The van der Waals surface area contributed by atoms with E-state index in [-0.39, 0.29) is 24.9 Å². The maximum atomic E-state index is 15.1. The molecule has 0 atom stereocenters. The first-order chi connectivity index (χ1) is 24.4. The highest BCUT2D eigenvalue weighted by Crippen LogP contribution is 2.39. The first-order valence-corrected chi connectivity index (χ1v) is 19.5. The number of hydrogen-bond donors (Lipinski definition) is 3. The highest BCUT2D eigenvalue weighted by Gasteiger charge is 2.27. The van der Waals surface area contributed by atoms with Crippen molar-refractivity contribution in [3.05, 3.63) is 77.5 Å². The molecule has 16 heteroatoms. The zero-order chi connectivity index (χ0) is 36.3. The van der Waals surface area contributed by atoms with Gasteiger partial charge in [0.05, 0.1) is 42.3 Å². The Morgan fingerprint density at radius 1 is 1.02 bits per heavy atom. The van der Waals surface area contributed by atoms with Gasteiger partial charge < -0.3 is 24.8 Å². The van der Waals surface area contributed by atoms with E-state index in [1.807, 2.05) is 49.5 Å². The van der Waals surface area contributed by atoms with Gasteiger partial charge in [-0.05, 0) is 57.5 Å². The van der Waals surface area contributed by atoms with Crippen LogP contribution in [0.15, 0.2) is 60.9 Å². The molecule has 2 aromatic heterocycles. The number of ether oxygens (including phenoxy) is 1. The third kappa shape index (κ3) is 8.41. The Bertz CT molecular complexity index is 1990. The number of aromatic nitrogens is 3. The van der Waals surface area contributed by atoms with E-state index in [4.69, 9.17) is 16.3 Å². The molecule has 0 unspecified atom stereocenters. The number of carbonyl (C=O) groups excluding carboxylic acids is 2. The lowest BCUT2D eigenvalue weighted by atomic mass is 10.0. The first-order valence-electron chi connectivity index (χ1n) is 16.5. The van der Waals surface area contributed by atoms with E-state index in [2.05, 4.69) is 40.7 Å². The van der Waals surface area contributed by atoms with Crippen molar-refractivity contribution < 1.29 is 23.3 Å². The molecular weight excluding hydrogens is 696 g/mol. The minimum Gasteiger partial charge on any atom is -0.494 e. The summed E-state index contributed by atoms with van der Waals surface area (Å²) in [6, 6.07) is 14.2. The number of nitrogens with one attached hydrogen (secondary N) is 3. The number of halogens is 2. The average Bonchev–Trinajstić information content (AvgIpc) is 3.10. The number of nitrogens with zero attached hydrogens (tertiary/aromatic N) is 6. The number of carbonyl (C=O) groups is 2. The molecule has 4 heterocycles. The molecule has 268 valence electrons. The Kier molecular flexibility index (Phi) is 10.8. The number of hydrogen-bond acceptors (Lipinski definition) is 11. The van der Waals surface area contributed by atoms with Gasteiger partial charge in [-0.3, -0.25) is 24.9 Å². The van der Waals surface area contributed by atoms with Crippen molar-refractivity contribution in [2.24, 2.45) is 0 Å². The van der Waals surface area contributed by atoms with Crippen LogP contribution in [-0.2, 0) is 15.9 Å². The molecule has 2 aromatic carbocycles. The average molecular weight is 736 g/mol. The van der Waals surface area contributed by atoms with Gasteiger partial charge in [-0.25, -0.2) is 14.2 Å². The van der Waals surface area contributed by atoms with Crippen LogP contribution in [0.4, 0.5) is 43.7 Å². The van der Waals surface area contributed by atoms with Gasteiger partial charge in [-0.15, -0.1) is 0 Å². The smallest absolute Gasteiger partial charge is 0.328 e. The van der Waals surface area contributed by atoms with Gasteiger partial charge in [0.2, 0.25) is 11.9 Å². The van der Waals surface area contributed by atoms with Crippen LogP contribution in [0.1, 0.15) is 25.0 Å². The van der Waals surface area contributed by atoms with E-state index >= 15 is 4.39 Å². The Labute approximate surface area is 300 Å². The lowest BCUT2D eigenvalue weighted by molar-refractivity contribution is -0.120. The monoisotopic (exact) mass is 735 g/mol. The zero-order valence-corrected chi connectivity index (χ0v) is 30.5. The maximum Gasteiger partial charge on any atom is 0.328 e. The van der Waals surface area contributed by atoms with E-state index < -0.39 is 19.0 Å². The third-order valence-electron chi connectivity index (χ3n) is 9.03. The van der Waals surface area contributed by atoms with Crippen molar-refractivity contribution >= 4 is 70.5 Å². The molecule has 2 aliphatic heterocycles. The molecule has 3 amide bonds. The molecule has 3 N–H and O–H groups in total. The number of imide groups is 1. The summed E-state index contributed by atoms with van der Waals surface area (Å²) in [5, 5.41) is 9.70. The molecule has 0 radical (unpaired) electrons. The second-order valence-corrected chi connectivity index (χ2v) is 16.5. The minimum atomic E-state index is -2.56. The predicted octanol–water partition coefficient (Wildman–Crippen LogP) is 5.96. The second kappa shape index (κ2) is 15.2. The molecule has 4 aromatic rings. The van der Waals surface area contributed by atoms with Crippen molar-refractivity contribution in [1.29, 1.82) is 0 Å². The fraction of sp³-hybridized carbons (Fsp3) is 0.343. The van der Waals surface area contributed by atoms with Crippen LogP contribution in [0.2, 0.25) is 5.02 Å². The number of methoxy groups -OCH3 is 1. The zero-order valence-electron chi connectivity index (χ0n) is 28.8. The van der Waals surface area contributed by atoms with Crippen molar-refractivity contribution in [2.45, 2.75) is 31.8 Å². The van der Waals surface area contributed by atoms with Crippen LogP contribution in [0, 0.1) is 5.82 Å². The first kappa shape index (κ1) is 36.0. The van der Waals surface area contributed by atoms with Gasteiger partial charge in [0.1, 0.15) is 23.7 Å². The fourth-order valence-electron chi connectivity index (χ4n) is 6.25. The van der Waals surface area contributed by atoms with Gasteiger partial charge in [-0.1, -0.05) is 23.7 Å². The summed E-state index contributed by atoms with van der Waals surface area (Å²) in [6.07, 6.45) is 4.86. The molecule has 0 spiro atoms. The number of pyridine rings is 1. The lowest BCUT2D eigenvalue weighted by Crippen LogP contribution is -2.49. The summed E-state index contributed by atoms with van der Waals surface area (Å²) in [4.78, 5) is 42.6. The predicted molar refractivity (Wildman–Crippen MR) is 199 cm³/mol. The topological polar surface area (TPSA) is 145 Å². The van der Waals surface area contributed by atoms with Gasteiger partial charge >= 0.3 is 6.03 Å². The minimum absolute atomic E-state index is 0.156. The molecule has 0 bridgehead atoms. The molecule has 2 aliphatic rings. The van der Waals surface area contributed by atoms with Crippen LogP contribution in [-0.4, -0.2) is 85.0 Å². The van der Waals surface area contributed by atoms with Crippen LogP contribution < -0.4 is 35.8 Å². The SMILES string of the molecule is COc1cc(N2CCC(N(C)Cc3ncc(N4CCC(=O)NC4=O)cc3F)CC2)ccc1Nc1ncc(Cl)c(Nc2ccccc2P(C)(C)=O)n1. The number of benzene rings is 2. The molecule has 13 nitrogen and oxygen atoms in total. The molecule has 0 aliphatic carbocycles. The largest absolute Gasteiger partial charge is 0.494 e. The molecule has 2 fully saturated rings. The van der Waals surface area contributed by atoms with E-state index in [1.54, 1.807) is 20.4 Å². The summed E-state index contributed by atoms with van der Waals surface area (Å²) in [5.74, 6) is 0.454. The summed E-state index contributed by atoms with van der Waals surface area (Å²) in [6.45, 7) is 5.53. The summed E-state index contributed by atoms with van der Waals surface area (Å²) in [7, 11) is 1.01. The Morgan fingerprint density at radius 2 is 1.78 bits per heavy atom. The number of anilines is 6. The maximum absolute atomic E-state index is 15.1.